The number of benzene rings is 1. The molecule has 2 N–H and O–H groups in total. The molecule has 0 spiro atoms. The van der Waals surface area contributed by atoms with Crippen molar-refractivity contribution < 1.29 is 0 Å². The summed E-state index contributed by atoms with van der Waals surface area (Å²) in [5, 5.41) is 7.04. The lowest BCUT2D eigenvalue weighted by atomic mass is 10.2. The molecule has 0 saturated carbocycles. The van der Waals surface area contributed by atoms with Crippen LogP contribution in [0.25, 0.3) is 10.9 Å². The maximum Gasteiger partial charge on any atom is 0.258 e. The largest absolute Gasteiger partial charge is 0.309 e. The normalized spacial score (nSPS) is 12.6. The number of para-hydroxylation sites is 1. The molecule has 2 aromatic heterocycles. The molecule has 0 bridgehead atoms. The van der Waals surface area contributed by atoms with Crippen molar-refractivity contribution in [1.29, 1.82) is 0 Å². The molecule has 1 atom stereocenters. The Bertz CT molecular complexity index is 782. The van der Waals surface area contributed by atoms with Gasteiger partial charge in [0.25, 0.3) is 5.56 Å². The first-order valence-electron chi connectivity index (χ1n) is 6.88. The zero-order valence-electron chi connectivity index (χ0n) is 11.7. The van der Waals surface area contributed by atoms with Gasteiger partial charge in [-0.1, -0.05) is 19.1 Å². The van der Waals surface area contributed by atoms with E-state index < -0.39 is 0 Å². The molecule has 0 aliphatic rings. The van der Waals surface area contributed by atoms with E-state index in [0.717, 1.165) is 16.9 Å². The number of H-pyrrole nitrogens is 1. The van der Waals surface area contributed by atoms with Crippen molar-refractivity contribution in [2.24, 2.45) is 0 Å². The van der Waals surface area contributed by atoms with Gasteiger partial charge in [-0.05, 0) is 18.6 Å². The van der Waals surface area contributed by atoms with E-state index in [1.165, 1.54) is 0 Å². The summed E-state index contributed by atoms with van der Waals surface area (Å²) in [7, 11) is 0. The van der Waals surface area contributed by atoms with Crippen LogP contribution < -0.4 is 10.9 Å². The highest BCUT2D eigenvalue weighted by Crippen LogP contribution is 2.19. The summed E-state index contributed by atoms with van der Waals surface area (Å²) in [5.41, 5.74) is 0.625. The van der Waals surface area contributed by atoms with E-state index in [2.05, 4.69) is 27.2 Å². The van der Waals surface area contributed by atoms with E-state index in [1.807, 2.05) is 23.6 Å². The Labute approximate surface area is 126 Å². The Kier molecular flexibility index (Phi) is 4.08. The van der Waals surface area contributed by atoms with E-state index in [-0.39, 0.29) is 11.6 Å². The fourth-order valence-corrected chi connectivity index (χ4v) is 3.05. The summed E-state index contributed by atoms with van der Waals surface area (Å²) < 4.78 is 0. The summed E-state index contributed by atoms with van der Waals surface area (Å²) in [6.45, 7) is 2.62. The van der Waals surface area contributed by atoms with Crippen molar-refractivity contribution in [1.82, 2.24) is 20.3 Å². The van der Waals surface area contributed by atoms with Gasteiger partial charge in [0.1, 0.15) is 10.8 Å². The topological polar surface area (TPSA) is 70.7 Å². The third-order valence-electron chi connectivity index (χ3n) is 3.34. The lowest BCUT2D eigenvalue weighted by Crippen LogP contribution is -2.23. The first-order valence-corrected chi connectivity index (χ1v) is 7.76. The van der Waals surface area contributed by atoms with Crippen molar-refractivity contribution >= 4 is 22.2 Å². The van der Waals surface area contributed by atoms with E-state index in [9.17, 15) is 4.79 Å². The van der Waals surface area contributed by atoms with Crippen LogP contribution in [0.3, 0.4) is 0 Å². The second-order valence-electron chi connectivity index (χ2n) is 4.74. The Morgan fingerprint density at radius 2 is 2.24 bits per heavy atom. The number of fused-ring (bicyclic) bond motifs is 1. The summed E-state index contributed by atoms with van der Waals surface area (Å²) in [5.74, 6) is 0.647. The minimum atomic E-state index is -0.0975. The van der Waals surface area contributed by atoms with Crippen LogP contribution in [0.2, 0.25) is 0 Å². The van der Waals surface area contributed by atoms with E-state index in [1.54, 1.807) is 23.6 Å². The summed E-state index contributed by atoms with van der Waals surface area (Å²) in [6.07, 6.45) is 2.74. The first-order chi connectivity index (χ1) is 10.3. The molecule has 0 saturated heterocycles. The molecule has 2 heterocycles. The SMILES string of the molecule is CCC(NCc1nc2ccccc2c(=O)[nH]1)c1nccs1. The van der Waals surface area contributed by atoms with Crippen LogP contribution in [0.1, 0.15) is 30.2 Å². The van der Waals surface area contributed by atoms with Gasteiger partial charge in [-0.3, -0.25) is 4.79 Å². The van der Waals surface area contributed by atoms with Crippen molar-refractivity contribution in [3.05, 3.63) is 57.0 Å². The molecule has 5 nitrogen and oxygen atoms in total. The van der Waals surface area contributed by atoms with Crippen molar-refractivity contribution in [3.8, 4) is 0 Å². The molecule has 3 rings (SSSR count). The molecule has 1 aromatic carbocycles. The molecule has 6 heteroatoms. The van der Waals surface area contributed by atoms with Gasteiger partial charge in [0, 0.05) is 11.6 Å². The van der Waals surface area contributed by atoms with Crippen LogP contribution in [-0.2, 0) is 6.54 Å². The third-order valence-corrected chi connectivity index (χ3v) is 4.22. The fraction of sp³-hybridized carbons (Fsp3) is 0.267. The smallest absolute Gasteiger partial charge is 0.258 e. The maximum absolute atomic E-state index is 12.0. The zero-order valence-corrected chi connectivity index (χ0v) is 12.5. The summed E-state index contributed by atoms with van der Waals surface area (Å²) in [4.78, 5) is 23.7. The molecular weight excluding hydrogens is 284 g/mol. The maximum atomic E-state index is 12.0. The van der Waals surface area contributed by atoms with Gasteiger partial charge in [0.05, 0.1) is 23.5 Å². The third kappa shape index (κ3) is 3.01. The second-order valence-corrected chi connectivity index (χ2v) is 5.67. The Hall–Kier alpha value is -2.05. The Morgan fingerprint density at radius 3 is 3.00 bits per heavy atom. The highest BCUT2D eigenvalue weighted by molar-refractivity contribution is 7.09. The number of rotatable bonds is 5. The van der Waals surface area contributed by atoms with Crippen LogP contribution in [0.4, 0.5) is 0 Å². The van der Waals surface area contributed by atoms with E-state index >= 15 is 0 Å². The minimum absolute atomic E-state index is 0.0975. The molecule has 0 radical (unpaired) electrons. The predicted molar refractivity (Wildman–Crippen MR) is 84.3 cm³/mol. The van der Waals surface area contributed by atoms with E-state index in [4.69, 9.17) is 0 Å². The van der Waals surface area contributed by atoms with Crippen molar-refractivity contribution in [2.75, 3.05) is 0 Å². The molecule has 0 amide bonds. The van der Waals surface area contributed by atoms with Gasteiger partial charge < -0.3 is 10.3 Å². The van der Waals surface area contributed by atoms with Gasteiger partial charge in [0.2, 0.25) is 0 Å². The average Bonchev–Trinajstić information content (AvgIpc) is 3.02. The number of hydrogen-bond donors (Lipinski definition) is 2. The van der Waals surface area contributed by atoms with Crippen LogP contribution >= 0.6 is 11.3 Å². The van der Waals surface area contributed by atoms with Gasteiger partial charge in [0.15, 0.2) is 0 Å². The molecule has 21 heavy (non-hydrogen) atoms. The Balaban J connectivity index is 1.80. The Morgan fingerprint density at radius 1 is 1.38 bits per heavy atom. The molecule has 0 aliphatic heterocycles. The lowest BCUT2D eigenvalue weighted by Gasteiger charge is -2.14. The standard InChI is InChI=1S/C15H16N4OS/c1-2-11(15-16-7-8-21-15)17-9-13-18-12-6-4-3-5-10(12)14(20)19-13/h3-8,11,17H,2,9H2,1H3,(H,18,19,20). The molecule has 3 aromatic rings. The highest BCUT2D eigenvalue weighted by Gasteiger charge is 2.12. The van der Waals surface area contributed by atoms with Gasteiger partial charge in [-0.25, -0.2) is 9.97 Å². The van der Waals surface area contributed by atoms with Gasteiger partial charge >= 0.3 is 0 Å². The van der Waals surface area contributed by atoms with Crippen molar-refractivity contribution in [3.63, 3.8) is 0 Å². The molecule has 0 aliphatic carbocycles. The highest BCUT2D eigenvalue weighted by atomic mass is 32.1. The number of thiazole rings is 1. The number of nitrogens with one attached hydrogen (secondary N) is 2. The molecular formula is C15H16N4OS. The number of nitrogens with zero attached hydrogens (tertiary/aromatic N) is 2. The summed E-state index contributed by atoms with van der Waals surface area (Å²) in [6, 6.07) is 7.54. The van der Waals surface area contributed by atoms with E-state index in [0.29, 0.717) is 17.8 Å². The van der Waals surface area contributed by atoms with Crippen LogP contribution in [0.15, 0.2) is 40.6 Å². The monoisotopic (exact) mass is 300 g/mol. The number of aromatic nitrogens is 3. The number of aromatic amines is 1. The van der Waals surface area contributed by atoms with Crippen LogP contribution in [-0.4, -0.2) is 15.0 Å². The molecule has 1 unspecified atom stereocenters. The average molecular weight is 300 g/mol. The summed E-state index contributed by atoms with van der Waals surface area (Å²) >= 11 is 1.63. The minimum Gasteiger partial charge on any atom is -0.309 e. The van der Waals surface area contributed by atoms with Crippen molar-refractivity contribution in [2.45, 2.75) is 25.9 Å². The first kappa shape index (κ1) is 13.9. The second kappa shape index (κ2) is 6.15. The van der Waals surface area contributed by atoms with Crippen LogP contribution in [0, 0.1) is 0 Å². The molecule has 108 valence electrons. The predicted octanol–water partition coefficient (Wildman–Crippen LogP) is 2.62. The van der Waals surface area contributed by atoms with Gasteiger partial charge in [-0.2, -0.15) is 0 Å². The van der Waals surface area contributed by atoms with Crippen LogP contribution in [0.5, 0.6) is 0 Å². The fourth-order valence-electron chi connectivity index (χ4n) is 2.25. The quantitative estimate of drug-likeness (QED) is 0.760. The zero-order chi connectivity index (χ0) is 14.7. The lowest BCUT2D eigenvalue weighted by molar-refractivity contribution is 0.506. The molecule has 0 fully saturated rings. The van der Waals surface area contributed by atoms with Gasteiger partial charge in [-0.15, -0.1) is 11.3 Å². The number of hydrogen-bond acceptors (Lipinski definition) is 5.